The quantitative estimate of drug-likeness (QED) is 0.872. The zero-order valence-corrected chi connectivity index (χ0v) is 10.5. The zero-order chi connectivity index (χ0) is 11.8. The van der Waals surface area contributed by atoms with Crippen molar-refractivity contribution in [2.75, 3.05) is 0 Å². The molecule has 0 aliphatic heterocycles. The molecule has 1 aliphatic carbocycles. The summed E-state index contributed by atoms with van der Waals surface area (Å²) in [5.41, 5.74) is 3.73. The van der Waals surface area contributed by atoms with Gasteiger partial charge in [-0.2, -0.15) is 0 Å². The van der Waals surface area contributed by atoms with Gasteiger partial charge >= 0.3 is 0 Å². The Kier molecular flexibility index (Phi) is 2.63. The van der Waals surface area contributed by atoms with Crippen molar-refractivity contribution in [1.82, 2.24) is 14.9 Å². The number of benzene rings is 1. The van der Waals surface area contributed by atoms with Crippen molar-refractivity contribution in [3.63, 3.8) is 0 Å². The summed E-state index contributed by atoms with van der Waals surface area (Å²) in [4.78, 5) is 4.69. The summed E-state index contributed by atoms with van der Waals surface area (Å²) in [5.74, 6) is 1.14. The topological polar surface area (TPSA) is 29.9 Å². The van der Waals surface area contributed by atoms with E-state index in [9.17, 15) is 0 Å². The first kappa shape index (κ1) is 10.8. The number of aromatic nitrogens is 2. The summed E-state index contributed by atoms with van der Waals surface area (Å²) in [7, 11) is 2.11. The van der Waals surface area contributed by atoms with Gasteiger partial charge in [-0.05, 0) is 37.0 Å². The third-order valence-corrected chi connectivity index (χ3v) is 3.57. The van der Waals surface area contributed by atoms with Crippen molar-refractivity contribution < 1.29 is 0 Å². The Labute approximate surface area is 102 Å². The second-order valence-corrected chi connectivity index (χ2v) is 4.92. The molecule has 1 N–H and O–H groups in total. The van der Waals surface area contributed by atoms with Gasteiger partial charge < -0.3 is 9.88 Å². The Hall–Kier alpha value is -1.35. The predicted octanol–water partition coefficient (Wildman–Crippen LogP) is 2.39. The minimum Gasteiger partial charge on any atom is -0.330 e. The first-order chi connectivity index (χ1) is 8.28. The number of nitrogens with one attached hydrogen (secondary N) is 1. The summed E-state index contributed by atoms with van der Waals surface area (Å²) in [5, 5.41) is 3.52. The molecule has 1 saturated carbocycles. The number of hydrogen-bond acceptors (Lipinski definition) is 2. The van der Waals surface area contributed by atoms with Crippen LogP contribution in [0.25, 0.3) is 11.0 Å². The van der Waals surface area contributed by atoms with Gasteiger partial charge in [-0.15, -0.1) is 0 Å². The molecule has 0 bridgehead atoms. The largest absolute Gasteiger partial charge is 0.330 e. The molecule has 1 aromatic heterocycles. The molecule has 1 aliphatic rings. The van der Waals surface area contributed by atoms with E-state index in [1.54, 1.807) is 0 Å². The number of fused-ring (bicyclic) bond motifs is 1. The number of rotatable bonds is 4. The molecule has 17 heavy (non-hydrogen) atoms. The highest BCUT2D eigenvalue weighted by molar-refractivity contribution is 5.76. The van der Waals surface area contributed by atoms with Crippen LogP contribution in [0.2, 0.25) is 0 Å². The van der Waals surface area contributed by atoms with Crippen LogP contribution < -0.4 is 5.32 Å². The monoisotopic (exact) mass is 229 g/mol. The minimum absolute atomic E-state index is 0.737. The van der Waals surface area contributed by atoms with Gasteiger partial charge in [0.05, 0.1) is 17.6 Å². The molecule has 0 radical (unpaired) electrons. The van der Waals surface area contributed by atoms with Crippen LogP contribution in [0, 0.1) is 0 Å². The predicted molar refractivity (Wildman–Crippen MR) is 70.0 cm³/mol. The molecule has 0 atom stereocenters. The fraction of sp³-hybridized carbons (Fsp3) is 0.500. The normalized spacial score (nSPS) is 15.6. The van der Waals surface area contributed by atoms with Crippen LogP contribution in [-0.4, -0.2) is 15.6 Å². The van der Waals surface area contributed by atoms with E-state index in [0.29, 0.717) is 0 Å². The Morgan fingerprint density at radius 3 is 2.94 bits per heavy atom. The maximum absolute atomic E-state index is 4.69. The molecule has 0 unspecified atom stereocenters. The fourth-order valence-corrected chi connectivity index (χ4v) is 2.19. The van der Waals surface area contributed by atoms with E-state index in [2.05, 4.69) is 47.0 Å². The summed E-state index contributed by atoms with van der Waals surface area (Å²) < 4.78 is 2.21. The van der Waals surface area contributed by atoms with Crippen molar-refractivity contribution in [3.8, 4) is 0 Å². The van der Waals surface area contributed by atoms with E-state index in [1.165, 1.54) is 23.9 Å². The number of aryl methyl sites for hydroxylation is 2. The average Bonchev–Trinajstić information content (AvgIpc) is 3.13. The second-order valence-electron chi connectivity index (χ2n) is 4.92. The van der Waals surface area contributed by atoms with E-state index in [-0.39, 0.29) is 0 Å². The van der Waals surface area contributed by atoms with Crippen LogP contribution in [0.5, 0.6) is 0 Å². The SMILES string of the molecule is CCc1ccc2nc(CNC3CC3)n(C)c2c1. The van der Waals surface area contributed by atoms with Gasteiger partial charge in [0.2, 0.25) is 0 Å². The van der Waals surface area contributed by atoms with Crippen LogP contribution in [-0.2, 0) is 20.0 Å². The molecular weight excluding hydrogens is 210 g/mol. The highest BCUT2D eigenvalue weighted by atomic mass is 15.1. The summed E-state index contributed by atoms with van der Waals surface area (Å²) >= 11 is 0. The fourth-order valence-electron chi connectivity index (χ4n) is 2.19. The van der Waals surface area contributed by atoms with E-state index in [0.717, 1.165) is 30.3 Å². The Morgan fingerprint density at radius 2 is 2.24 bits per heavy atom. The molecule has 0 spiro atoms. The third-order valence-electron chi connectivity index (χ3n) is 3.57. The van der Waals surface area contributed by atoms with Gasteiger partial charge in [0.15, 0.2) is 0 Å². The summed E-state index contributed by atoms with van der Waals surface area (Å²) in [6, 6.07) is 7.30. The van der Waals surface area contributed by atoms with Gasteiger partial charge in [0.25, 0.3) is 0 Å². The second kappa shape index (κ2) is 4.15. The smallest absolute Gasteiger partial charge is 0.123 e. The standard InChI is InChI=1S/C14H19N3/c1-3-10-4-7-12-13(8-10)17(2)14(16-12)9-15-11-5-6-11/h4,7-8,11,15H,3,5-6,9H2,1-2H3. The molecule has 0 saturated heterocycles. The first-order valence-corrected chi connectivity index (χ1v) is 6.45. The van der Waals surface area contributed by atoms with Crippen molar-refractivity contribution >= 4 is 11.0 Å². The molecular formula is C14H19N3. The molecule has 90 valence electrons. The van der Waals surface area contributed by atoms with E-state index in [1.807, 2.05) is 0 Å². The Bertz CT molecular complexity index is 538. The lowest BCUT2D eigenvalue weighted by atomic mass is 10.1. The van der Waals surface area contributed by atoms with Gasteiger partial charge in [-0.3, -0.25) is 0 Å². The maximum Gasteiger partial charge on any atom is 0.123 e. The lowest BCUT2D eigenvalue weighted by Gasteiger charge is -2.03. The van der Waals surface area contributed by atoms with E-state index >= 15 is 0 Å². The van der Waals surface area contributed by atoms with Crippen LogP contribution in [0.1, 0.15) is 31.2 Å². The minimum atomic E-state index is 0.737. The number of imidazole rings is 1. The molecule has 1 aromatic carbocycles. The first-order valence-electron chi connectivity index (χ1n) is 6.45. The molecule has 2 aromatic rings. The van der Waals surface area contributed by atoms with Crippen molar-refractivity contribution in [1.29, 1.82) is 0 Å². The molecule has 1 fully saturated rings. The Morgan fingerprint density at radius 1 is 1.41 bits per heavy atom. The third kappa shape index (κ3) is 2.07. The van der Waals surface area contributed by atoms with Gasteiger partial charge in [-0.25, -0.2) is 4.98 Å². The lowest BCUT2D eigenvalue weighted by Crippen LogP contribution is -2.18. The van der Waals surface area contributed by atoms with Crippen LogP contribution >= 0.6 is 0 Å². The number of nitrogens with zero attached hydrogens (tertiary/aromatic N) is 2. The van der Waals surface area contributed by atoms with Gasteiger partial charge in [0.1, 0.15) is 5.82 Å². The summed E-state index contributed by atoms with van der Waals surface area (Å²) in [6.45, 7) is 3.07. The molecule has 1 heterocycles. The molecule has 3 nitrogen and oxygen atoms in total. The maximum atomic E-state index is 4.69. The lowest BCUT2D eigenvalue weighted by molar-refractivity contribution is 0.639. The molecule has 0 amide bonds. The number of hydrogen-bond donors (Lipinski definition) is 1. The van der Waals surface area contributed by atoms with Gasteiger partial charge in [0, 0.05) is 13.1 Å². The highest BCUT2D eigenvalue weighted by Crippen LogP contribution is 2.21. The van der Waals surface area contributed by atoms with Gasteiger partial charge in [-0.1, -0.05) is 13.0 Å². The van der Waals surface area contributed by atoms with Crippen molar-refractivity contribution in [3.05, 3.63) is 29.6 Å². The van der Waals surface area contributed by atoms with Crippen LogP contribution in [0.15, 0.2) is 18.2 Å². The molecule has 3 heteroatoms. The van der Waals surface area contributed by atoms with E-state index < -0.39 is 0 Å². The highest BCUT2D eigenvalue weighted by Gasteiger charge is 2.21. The van der Waals surface area contributed by atoms with Crippen LogP contribution in [0.3, 0.4) is 0 Å². The summed E-state index contributed by atoms with van der Waals surface area (Å²) in [6.07, 6.45) is 3.73. The average molecular weight is 229 g/mol. The van der Waals surface area contributed by atoms with Crippen molar-refractivity contribution in [2.45, 2.75) is 38.8 Å². The van der Waals surface area contributed by atoms with E-state index in [4.69, 9.17) is 0 Å². The molecule has 3 rings (SSSR count). The zero-order valence-electron chi connectivity index (χ0n) is 10.5. The van der Waals surface area contributed by atoms with Crippen molar-refractivity contribution in [2.24, 2.45) is 7.05 Å². The van der Waals surface area contributed by atoms with Crippen LogP contribution in [0.4, 0.5) is 0 Å². The Balaban J connectivity index is 1.92.